The Labute approximate surface area is 48.7 Å². The van der Waals surface area contributed by atoms with Crippen LogP contribution in [0.15, 0.2) is 0 Å². The molecule has 1 saturated carbocycles. The van der Waals surface area contributed by atoms with Gasteiger partial charge in [-0.15, -0.1) is 0 Å². The number of nitrogens with two attached hydrogens (primary N) is 2. The van der Waals surface area contributed by atoms with Crippen molar-refractivity contribution in [2.45, 2.75) is 31.0 Å². The molecule has 0 aromatic carbocycles. The monoisotopic (exact) mass is 116 g/mol. The molecule has 0 bridgehead atoms. The summed E-state index contributed by atoms with van der Waals surface area (Å²) in [6.07, 6.45) is 2.45. The Bertz CT molecular complexity index is 92.4. The van der Waals surface area contributed by atoms with E-state index in [1.54, 1.807) is 0 Å². The number of aliphatic hydroxyl groups is 1. The molecular weight excluding hydrogens is 104 g/mol. The van der Waals surface area contributed by atoms with Crippen LogP contribution in [0.4, 0.5) is 0 Å². The molecule has 0 amide bonds. The van der Waals surface area contributed by atoms with Crippen LogP contribution in [0, 0.1) is 0 Å². The second-order valence-corrected chi connectivity index (χ2v) is 2.49. The number of hydrogen-bond acceptors (Lipinski definition) is 3. The van der Waals surface area contributed by atoms with Gasteiger partial charge < -0.3 is 16.6 Å². The number of hydrogen-bond donors (Lipinski definition) is 3. The third kappa shape index (κ3) is 0.844. The van der Waals surface area contributed by atoms with Gasteiger partial charge >= 0.3 is 0 Å². The van der Waals surface area contributed by atoms with Crippen LogP contribution in [0.5, 0.6) is 0 Å². The molecule has 2 atom stereocenters. The zero-order valence-electron chi connectivity index (χ0n) is 4.80. The molecule has 3 nitrogen and oxygen atoms in total. The standard InChI is InChI=1S/C5H12N2O/c6-4-2-1-3-5(4,7)8/h4,8H,1-3,6-7H2/t4-,5+/m1/s1. The van der Waals surface area contributed by atoms with Crippen molar-refractivity contribution in [1.82, 2.24) is 0 Å². The smallest absolute Gasteiger partial charge is 0.128 e. The van der Waals surface area contributed by atoms with Crippen molar-refractivity contribution in [2.75, 3.05) is 0 Å². The fourth-order valence-corrected chi connectivity index (χ4v) is 1.04. The largest absolute Gasteiger partial charge is 0.374 e. The van der Waals surface area contributed by atoms with Crippen molar-refractivity contribution in [3.63, 3.8) is 0 Å². The Balaban J connectivity index is 2.54. The molecule has 1 aliphatic carbocycles. The van der Waals surface area contributed by atoms with E-state index < -0.39 is 5.72 Å². The van der Waals surface area contributed by atoms with Crippen LogP contribution in [0.2, 0.25) is 0 Å². The van der Waals surface area contributed by atoms with Gasteiger partial charge in [0.1, 0.15) is 5.72 Å². The van der Waals surface area contributed by atoms with E-state index in [0.29, 0.717) is 6.42 Å². The zero-order chi connectivity index (χ0) is 6.20. The molecule has 8 heavy (non-hydrogen) atoms. The first-order chi connectivity index (χ1) is 3.63. The van der Waals surface area contributed by atoms with E-state index in [1.165, 1.54) is 0 Å². The van der Waals surface area contributed by atoms with Crippen molar-refractivity contribution in [2.24, 2.45) is 11.5 Å². The van der Waals surface area contributed by atoms with E-state index in [2.05, 4.69) is 0 Å². The Hall–Kier alpha value is -0.120. The molecule has 3 heteroatoms. The highest BCUT2D eigenvalue weighted by Crippen LogP contribution is 2.22. The molecule has 0 heterocycles. The third-order valence-electron chi connectivity index (χ3n) is 1.73. The normalized spacial score (nSPS) is 47.6. The topological polar surface area (TPSA) is 72.3 Å². The summed E-state index contributed by atoms with van der Waals surface area (Å²) in [5, 5.41) is 9.12. The van der Waals surface area contributed by atoms with Crippen molar-refractivity contribution in [3.05, 3.63) is 0 Å². The van der Waals surface area contributed by atoms with E-state index in [-0.39, 0.29) is 6.04 Å². The highest BCUT2D eigenvalue weighted by Gasteiger charge is 2.34. The molecule has 1 aliphatic rings. The fraction of sp³-hybridized carbons (Fsp3) is 1.00. The molecule has 1 rings (SSSR count). The van der Waals surface area contributed by atoms with Crippen LogP contribution < -0.4 is 11.5 Å². The van der Waals surface area contributed by atoms with Gasteiger partial charge in [-0.1, -0.05) is 0 Å². The van der Waals surface area contributed by atoms with E-state index in [1.807, 2.05) is 0 Å². The minimum absolute atomic E-state index is 0.206. The van der Waals surface area contributed by atoms with Gasteiger partial charge in [0.2, 0.25) is 0 Å². The minimum atomic E-state index is -1.07. The van der Waals surface area contributed by atoms with E-state index in [0.717, 1.165) is 12.8 Å². The van der Waals surface area contributed by atoms with Crippen LogP contribution in [-0.4, -0.2) is 16.9 Å². The maximum absolute atomic E-state index is 9.12. The van der Waals surface area contributed by atoms with Gasteiger partial charge in [0.25, 0.3) is 0 Å². The predicted octanol–water partition coefficient (Wildman–Crippen LogP) is -0.855. The van der Waals surface area contributed by atoms with Gasteiger partial charge in [-0.25, -0.2) is 0 Å². The molecule has 1 fully saturated rings. The highest BCUT2D eigenvalue weighted by atomic mass is 16.3. The van der Waals surface area contributed by atoms with Crippen molar-refractivity contribution < 1.29 is 5.11 Å². The number of rotatable bonds is 0. The van der Waals surface area contributed by atoms with Crippen LogP contribution >= 0.6 is 0 Å². The Morgan fingerprint density at radius 3 is 2.38 bits per heavy atom. The van der Waals surface area contributed by atoms with Crippen LogP contribution in [0.1, 0.15) is 19.3 Å². The van der Waals surface area contributed by atoms with Gasteiger partial charge in [0.05, 0.1) is 0 Å². The lowest BCUT2D eigenvalue weighted by atomic mass is 10.1. The molecule has 0 aliphatic heterocycles. The second kappa shape index (κ2) is 1.69. The highest BCUT2D eigenvalue weighted by molar-refractivity contribution is 4.89. The summed E-state index contributed by atoms with van der Waals surface area (Å²) in [6, 6.07) is -0.206. The molecule has 0 aromatic rings. The fourth-order valence-electron chi connectivity index (χ4n) is 1.04. The summed E-state index contributed by atoms with van der Waals surface area (Å²) in [5.74, 6) is 0. The lowest BCUT2D eigenvalue weighted by molar-refractivity contribution is 0.0389. The minimum Gasteiger partial charge on any atom is -0.374 e. The Morgan fingerprint density at radius 2 is 2.25 bits per heavy atom. The van der Waals surface area contributed by atoms with Crippen LogP contribution in [-0.2, 0) is 0 Å². The SMILES string of the molecule is N[C@@H]1CCC[C@]1(N)O. The first-order valence-corrected chi connectivity index (χ1v) is 2.90. The summed E-state index contributed by atoms with van der Waals surface area (Å²) < 4.78 is 0. The summed E-state index contributed by atoms with van der Waals surface area (Å²) in [6.45, 7) is 0. The average Bonchev–Trinajstić information content (AvgIpc) is 1.86. The predicted molar refractivity (Wildman–Crippen MR) is 31.0 cm³/mol. The summed E-state index contributed by atoms with van der Waals surface area (Å²) in [5.41, 5.74) is 9.72. The summed E-state index contributed by atoms with van der Waals surface area (Å²) >= 11 is 0. The van der Waals surface area contributed by atoms with Gasteiger partial charge in [0, 0.05) is 6.04 Å². The molecule has 0 saturated heterocycles. The zero-order valence-corrected chi connectivity index (χ0v) is 4.80. The Morgan fingerprint density at radius 1 is 1.62 bits per heavy atom. The maximum Gasteiger partial charge on any atom is 0.128 e. The van der Waals surface area contributed by atoms with Gasteiger partial charge in [-0.3, -0.25) is 0 Å². The molecule has 0 aromatic heterocycles. The van der Waals surface area contributed by atoms with Crippen molar-refractivity contribution in [1.29, 1.82) is 0 Å². The van der Waals surface area contributed by atoms with Crippen molar-refractivity contribution >= 4 is 0 Å². The van der Waals surface area contributed by atoms with Gasteiger partial charge in [-0.2, -0.15) is 0 Å². The molecule has 5 N–H and O–H groups in total. The van der Waals surface area contributed by atoms with E-state index in [4.69, 9.17) is 16.6 Å². The first kappa shape index (κ1) is 6.01. The Kier molecular flexibility index (Phi) is 1.27. The van der Waals surface area contributed by atoms with Crippen LogP contribution in [0.25, 0.3) is 0 Å². The molecular formula is C5H12N2O. The van der Waals surface area contributed by atoms with E-state index in [9.17, 15) is 0 Å². The molecule has 0 radical (unpaired) electrons. The van der Waals surface area contributed by atoms with Gasteiger partial charge in [-0.05, 0) is 19.3 Å². The van der Waals surface area contributed by atoms with Gasteiger partial charge in [0.15, 0.2) is 0 Å². The quantitative estimate of drug-likeness (QED) is 0.361. The lowest BCUT2D eigenvalue weighted by Crippen LogP contribution is -2.51. The average molecular weight is 116 g/mol. The maximum atomic E-state index is 9.12. The second-order valence-electron chi connectivity index (χ2n) is 2.49. The third-order valence-corrected chi connectivity index (χ3v) is 1.73. The summed E-state index contributed by atoms with van der Waals surface area (Å²) in [4.78, 5) is 0. The summed E-state index contributed by atoms with van der Waals surface area (Å²) in [7, 11) is 0. The van der Waals surface area contributed by atoms with Crippen molar-refractivity contribution in [3.8, 4) is 0 Å². The lowest BCUT2D eigenvalue weighted by Gasteiger charge is -2.20. The molecule has 48 valence electrons. The van der Waals surface area contributed by atoms with E-state index >= 15 is 0 Å². The van der Waals surface area contributed by atoms with Crippen LogP contribution in [0.3, 0.4) is 0 Å². The molecule has 0 spiro atoms. The molecule has 0 unspecified atom stereocenters. The first-order valence-electron chi connectivity index (χ1n) is 2.90.